The van der Waals surface area contributed by atoms with E-state index in [-0.39, 0.29) is 23.5 Å². The van der Waals surface area contributed by atoms with Crippen molar-refractivity contribution in [2.75, 3.05) is 0 Å². The third-order valence-corrected chi connectivity index (χ3v) is 10.2. The van der Waals surface area contributed by atoms with Gasteiger partial charge in [0, 0.05) is 17.5 Å². The number of halogens is 3. The van der Waals surface area contributed by atoms with Crippen molar-refractivity contribution in [2.45, 2.75) is 136 Å². The lowest BCUT2D eigenvalue weighted by atomic mass is 9.61. The van der Waals surface area contributed by atoms with E-state index in [1.165, 1.54) is 37.7 Å². The largest absolute Gasteiger partial charge is 0.470 e. The van der Waals surface area contributed by atoms with Crippen LogP contribution in [0.15, 0.2) is 20.6 Å². The van der Waals surface area contributed by atoms with Crippen molar-refractivity contribution < 1.29 is 22.1 Å². The number of hydrogen-bond donors (Lipinski definition) is 2. The minimum absolute atomic E-state index is 0.0630. The van der Waals surface area contributed by atoms with Gasteiger partial charge in [-0.2, -0.15) is 18.2 Å². The van der Waals surface area contributed by atoms with Crippen LogP contribution in [0.3, 0.4) is 0 Å². The van der Waals surface area contributed by atoms with Gasteiger partial charge in [-0.1, -0.05) is 57.8 Å². The molecule has 0 amide bonds. The maximum atomic E-state index is 12.9. The number of hydrogen-bond acceptors (Lipinski definition) is 8. The molecule has 0 radical (unpaired) electrons. The number of allylic oxidation sites excluding steroid dienone is 1. The second kappa shape index (κ2) is 13.2. The van der Waals surface area contributed by atoms with Crippen LogP contribution in [-0.2, 0) is 25.7 Å². The predicted molar refractivity (Wildman–Crippen MR) is 161 cm³/mol. The minimum atomic E-state index is -4.64. The second-order valence-corrected chi connectivity index (χ2v) is 15.0. The SMILES string of the molecule is CCCC1=CC(C)(NCc2nnc(C(F)(F)F)o2)CC(C)C1CC(C)Cc1nc(CNC23CC(C)CC(CC(C)C2)C3)no1. The van der Waals surface area contributed by atoms with Gasteiger partial charge in [0.1, 0.15) is 0 Å². The molecule has 2 fully saturated rings. The van der Waals surface area contributed by atoms with Crippen LogP contribution in [0.4, 0.5) is 13.2 Å². The molecular weight excluding hydrogens is 569 g/mol. The van der Waals surface area contributed by atoms with Crippen molar-refractivity contribution in [3.63, 3.8) is 0 Å². The lowest BCUT2D eigenvalue weighted by molar-refractivity contribution is -0.157. The van der Waals surface area contributed by atoms with Gasteiger partial charge in [0.2, 0.25) is 11.8 Å². The molecular formula is C33H51F3N6O2. The van der Waals surface area contributed by atoms with E-state index in [0.717, 1.165) is 55.7 Å². The fraction of sp³-hybridized carbons (Fsp3) is 0.818. The summed E-state index contributed by atoms with van der Waals surface area (Å²) in [5.41, 5.74) is 1.22. The molecule has 2 heterocycles. The first kappa shape index (κ1) is 33.1. The van der Waals surface area contributed by atoms with Gasteiger partial charge in [-0.3, -0.25) is 5.32 Å². The Morgan fingerprint density at radius 2 is 1.73 bits per heavy atom. The lowest BCUT2D eigenvalue weighted by Crippen LogP contribution is -2.54. The molecule has 0 spiro atoms. The van der Waals surface area contributed by atoms with Crippen molar-refractivity contribution in [1.82, 2.24) is 31.0 Å². The Bertz CT molecular complexity index is 1250. The van der Waals surface area contributed by atoms with Gasteiger partial charge in [0.15, 0.2) is 5.82 Å². The van der Waals surface area contributed by atoms with E-state index in [0.29, 0.717) is 30.2 Å². The molecule has 6 unspecified atom stereocenters. The molecule has 2 bridgehead atoms. The molecule has 2 aromatic rings. The highest BCUT2D eigenvalue weighted by atomic mass is 19.4. The van der Waals surface area contributed by atoms with Crippen molar-refractivity contribution >= 4 is 0 Å². The Labute approximate surface area is 259 Å². The second-order valence-electron chi connectivity index (χ2n) is 15.0. The number of nitrogens with one attached hydrogen (secondary N) is 2. The molecule has 0 saturated heterocycles. The number of aromatic nitrogens is 4. The third kappa shape index (κ3) is 8.11. The van der Waals surface area contributed by atoms with E-state index in [2.05, 4.69) is 73.6 Å². The van der Waals surface area contributed by atoms with Gasteiger partial charge < -0.3 is 14.3 Å². The molecule has 246 valence electrons. The molecule has 11 heteroatoms. The number of fused-ring (bicyclic) bond motifs is 2. The van der Waals surface area contributed by atoms with Crippen LogP contribution in [-0.4, -0.2) is 31.4 Å². The van der Waals surface area contributed by atoms with E-state index in [1.54, 1.807) is 0 Å². The molecule has 2 saturated carbocycles. The first-order valence-corrected chi connectivity index (χ1v) is 16.7. The summed E-state index contributed by atoms with van der Waals surface area (Å²) in [4.78, 5) is 4.78. The number of rotatable bonds is 12. The number of nitrogens with zero attached hydrogens (tertiary/aromatic N) is 4. The van der Waals surface area contributed by atoms with Crippen molar-refractivity contribution in [3.8, 4) is 0 Å². The van der Waals surface area contributed by atoms with Crippen molar-refractivity contribution in [3.05, 3.63) is 35.1 Å². The minimum Gasteiger partial charge on any atom is -0.416 e. The standard InChI is InChI=1S/C33H51F3N6O2/c1-7-8-25-17-31(6,37-19-29-40-41-30(43-29)33(34,35)36)15-23(5)26(25)11-20(2)12-28-39-27(42-44-28)18-38-32-13-21(3)9-24(16-32)10-22(4)14-32/h17,20-24,26,37-38H,7-16,18-19H2,1-6H3. The fourth-order valence-corrected chi connectivity index (χ4v) is 8.97. The molecule has 0 aromatic carbocycles. The molecule has 5 rings (SSSR count). The lowest BCUT2D eigenvalue weighted by Gasteiger charge is -2.50. The summed E-state index contributed by atoms with van der Waals surface area (Å²) in [7, 11) is 0. The van der Waals surface area contributed by atoms with Crippen LogP contribution < -0.4 is 10.6 Å². The summed E-state index contributed by atoms with van der Waals surface area (Å²) < 4.78 is 49.2. The summed E-state index contributed by atoms with van der Waals surface area (Å²) in [5, 5.41) is 18.3. The first-order valence-electron chi connectivity index (χ1n) is 16.7. The third-order valence-electron chi connectivity index (χ3n) is 10.2. The van der Waals surface area contributed by atoms with Crippen LogP contribution in [0.25, 0.3) is 0 Å². The molecule has 2 aromatic heterocycles. The molecule has 3 aliphatic carbocycles. The van der Waals surface area contributed by atoms with E-state index in [9.17, 15) is 13.2 Å². The Hall–Kier alpha value is -2.27. The maximum absolute atomic E-state index is 12.9. The van der Waals surface area contributed by atoms with E-state index in [1.807, 2.05) is 0 Å². The Balaban J connectivity index is 1.16. The fourth-order valence-electron chi connectivity index (χ4n) is 8.97. The quantitative estimate of drug-likeness (QED) is 0.233. The summed E-state index contributed by atoms with van der Waals surface area (Å²) in [6.45, 7) is 14.3. The van der Waals surface area contributed by atoms with Crippen LogP contribution >= 0.6 is 0 Å². The van der Waals surface area contributed by atoms with Gasteiger partial charge in [-0.05, 0) is 93.8 Å². The molecule has 2 N–H and O–H groups in total. The summed E-state index contributed by atoms with van der Waals surface area (Å²) in [6.07, 6.45) is 8.69. The van der Waals surface area contributed by atoms with Crippen LogP contribution in [0.2, 0.25) is 0 Å². The molecule has 3 aliphatic rings. The van der Waals surface area contributed by atoms with Crippen LogP contribution in [0.5, 0.6) is 0 Å². The van der Waals surface area contributed by atoms with Crippen molar-refractivity contribution in [2.24, 2.45) is 35.5 Å². The predicted octanol–water partition coefficient (Wildman–Crippen LogP) is 7.67. The topological polar surface area (TPSA) is 102 Å². The molecule has 44 heavy (non-hydrogen) atoms. The molecule has 8 nitrogen and oxygen atoms in total. The van der Waals surface area contributed by atoms with Crippen molar-refractivity contribution in [1.29, 1.82) is 0 Å². The zero-order valence-electron chi connectivity index (χ0n) is 27.3. The molecule has 6 atom stereocenters. The smallest absolute Gasteiger partial charge is 0.416 e. The van der Waals surface area contributed by atoms with E-state index < -0.39 is 12.1 Å². The highest BCUT2D eigenvalue weighted by Crippen LogP contribution is 2.47. The van der Waals surface area contributed by atoms with Crippen LogP contribution in [0.1, 0.15) is 123 Å². The summed E-state index contributed by atoms with van der Waals surface area (Å²) >= 11 is 0. The number of alkyl halides is 3. The molecule has 0 aliphatic heterocycles. The van der Waals surface area contributed by atoms with Gasteiger partial charge >= 0.3 is 12.1 Å². The highest BCUT2D eigenvalue weighted by molar-refractivity contribution is 5.22. The summed E-state index contributed by atoms with van der Waals surface area (Å²) in [5.74, 6) is 3.58. The average molecular weight is 621 g/mol. The average Bonchev–Trinajstić information content (AvgIpc) is 3.58. The zero-order chi connectivity index (χ0) is 31.7. The Morgan fingerprint density at radius 3 is 2.39 bits per heavy atom. The highest BCUT2D eigenvalue weighted by Gasteiger charge is 2.44. The van der Waals surface area contributed by atoms with Gasteiger partial charge in [-0.15, -0.1) is 10.2 Å². The Kier molecular flexibility index (Phi) is 9.95. The van der Waals surface area contributed by atoms with Gasteiger partial charge in [0.05, 0.1) is 13.1 Å². The van der Waals surface area contributed by atoms with Gasteiger partial charge in [-0.25, -0.2) is 0 Å². The summed E-state index contributed by atoms with van der Waals surface area (Å²) in [6, 6.07) is 0. The first-order chi connectivity index (χ1) is 20.7. The van der Waals surface area contributed by atoms with Gasteiger partial charge in [0.25, 0.3) is 0 Å². The monoisotopic (exact) mass is 620 g/mol. The maximum Gasteiger partial charge on any atom is 0.470 e. The van der Waals surface area contributed by atoms with Crippen LogP contribution in [0, 0.1) is 35.5 Å². The Morgan fingerprint density at radius 1 is 1.00 bits per heavy atom. The normalized spacial score (nSPS) is 33.3. The van der Waals surface area contributed by atoms with E-state index in [4.69, 9.17) is 13.9 Å². The van der Waals surface area contributed by atoms with E-state index >= 15 is 0 Å². The zero-order valence-corrected chi connectivity index (χ0v) is 27.3.